The van der Waals surface area contributed by atoms with Gasteiger partial charge in [-0.3, -0.25) is 0 Å². The second-order valence-corrected chi connectivity index (χ2v) is 2.60. The minimum absolute atomic E-state index is 0. The van der Waals surface area contributed by atoms with Crippen molar-refractivity contribution in [2.24, 2.45) is 0 Å². The molecule has 0 atom stereocenters. The first-order chi connectivity index (χ1) is 6.63. The lowest BCUT2D eigenvalue weighted by Crippen LogP contribution is -1.93. The summed E-state index contributed by atoms with van der Waals surface area (Å²) in [4.78, 5) is 10.7. The molecule has 0 spiro atoms. The summed E-state index contributed by atoms with van der Waals surface area (Å²) in [6.45, 7) is 0. The predicted octanol–water partition coefficient (Wildman–Crippen LogP) is 1.40. The number of carbonyl (C=O) groups excluding carboxylic acids is 1. The van der Waals surface area contributed by atoms with E-state index in [1.165, 1.54) is 31.4 Å². The van der Waals surface area contributed by atoms with Crippen LogP contribution in [0.15, 0.2) is 24.3 Å². The van der Waals surface area contributed by atoms with Crippen LogP contribution in [0, 0.1) is 0 Å². The number of methoxy groups -OCH3 is 1. The van der Waals surface area contributed by atoms with Crippen molar-refractivity contribution < 1.29 is 19.7 Å². The van der Waals surface area contributed by atoms with Gasteiger partial charge in [0.1, 0.15) is 0 Å². The number of carbonyl (C=O) groups is 1. The van der Waals surface area contributed by atoms with Gasteiger partial charge in [0.05, 0.1) is 7.11 Å². The lowest BCUT2D eigenvalue weighted by atomic mass is 10.2. The summed E-state index contributed by atoms with van der Waals surface area (Å²) < 4.78 is 4.39. The van der Waals surface area contributed by atoms with Gasteiger partial charge in [-0.1, -0.05) is 6.07 Å². The van der Waals surface area contributed by atoms with Gasteiger partial charge < -0.3 is 14.9 Å². The number of aromatic hydroxyl groups is 2. The Balaban J connectivity index is 0.00000196. The molecule has 0 amide bonds. The minimum Gasteiger partial charge on any atom is -0.504 e. The van der Waals surface area contributed by atoms with E-state index in [2.05, 4.69) is 4.74 Å². The van der Waals surface area contributed by atoms with Crippen molar-refractivity contribution in [1.29, 1.82) is 0 Å². The van der Waals surface area contributed by atoms with Gasteiger partial charge in [-0.15, -0.1) is 0 Å². The molecule has 1 aromatic carbocycles. The van der Waals surface area contributed by atoms with Crippen LogP contribution < -0.4 is 0 Å². The molecule has 0 radical (unpaired) electrons. The van der Waals surface area contributed by atoms with Crippen LogP contribution in [0.25, 0.3) is 6.08 Å². The minimum atomic E-state index is -0.474. The Hall–Kier alpha value is -1.62. The zero-order valence-electron chi connectivity index (χ0n) is 8.10. The molecule has 15 heavy (non-hydrogen) atoms. The lowest BCUT2D eigenvalue weighted by Gasteiger charge is -1.98. The predicted molar refractivity (Wildman–Crippen MR) is 61.2 cm³/mol. The van der Waals surface area contributed by atoms with Crippen LogP contribution in [-0.4, -0.2) is 23.3 Å². The average molecular weight is 228 g/mol. The van der Waals surface area contributed by atoms with E-state index in [4.69, 9.17) is 10.2 Å². The van der Waals surface area contributed by atoms with E-state index in [1.54, 1.807) is 6.07 Å². The number of ether oxygens (including phenoxy) is 1. The van der Waals surface area contributed by atoms with E-state index < -0.39 is 5.97 Å². The molecule has 0 aliphatic rings. The van der Waals surface area contributed by atoms with Gasteiger partial charge in [0.25, 0.3) is 0 Å². The van der Waals surface area contributed by atoms with Crippen molar-refractivity contribution in [3.8, 4) is 11.5 Å². The van der Waals surface area contributed by atoms with E-state index in [0.717, 1.165) is 0 Å². The molecule has 0 aromatic heterocycles. The molecule has 0 unspecified atom stereocenters. The molecule has 4 nitrogen and oxygen atoms in total. The Morgan fingerprint density at radius 2 is 2.00 bits per heavy atom. The molecular weight excluding hydrogens is 216 g/mol. The first kappa shape index (κ1) is 13.4. The number of phenols is 2. The maximum absolute atomic E-state index is 10.7. The van der Waals surface area contributed by atoms with Crippen LogP contribution in [0.3, 0.4) is 0 Å². The summed E-state index contributed by atoms with van der Waals surface area (Å²) in [6, 6.07) is 4.25. The summed E-state index contributed by atoms with van der Waals surface area (Å²) in [7, 11) is 1.28. The molecule has 5 heteroatoms. The van der Waals surface area contributed by atoms with Gasteiger partial charge in [0.2, 0.25) is 0 Å². The summed E-state index contributed by atoms with van der Waals surface area (Å²) in [5.74, 6) is -0.894. The van der Waals surface area contributed by atoms with Gasteiger partial charge >= 0.3 is 5.97 Å². The average Bonchev–Trinajstić information content (AvgIpc) is 2.19. The van der Waals surface area contributed by atoms with Crippen molar-refractivity contribution in [3.63, 3.8) is 0 Å². The summed E-state index contributed by atoms with van der Waals surface area (Å²) in [5, 5.41) is 18.1. The van der Waals surface area contributed by atoms with Crippen LogP contribution >= 0.6 is 13.5 Å². The third-order valence-corrected chi connectivity index (χ3v) is 1.61. The maximum Gasteiger partial charge on any atom is 0.330 e. The Morgan fingerprint density at radius 3 is 2.53 bits per heavy atom. The Kier molecular flexibility index (Phi) is 5.33. The highest BCUT2D eigenvalue weighted by Gasteiger charge is 1.98. The molecule has 0 saturated heterocycles. The zero-order chi connectivity index (χ0) is 10.6. The molecule has 2 N–H and O–H groups in total. The number of phenolic OH excluding ortho intramolecular Hbond substituents is 2. The fourth-order valence-corrected chi connectivity index (χ4v) is 0.876. The van der Waals surface area contributed by atoms with Gasteiger partial charge in [0, 0.05) is 6.08 Å². The molecule has 0 saturated carbocycles. The van der Waals surface area contributed by atoms with Gasteiger partial charge in [-0.25, -0.2) is 4.79 Å². The van der Waals surface area contributed by atoms with E-state index in [-0.39, 0.29) is 25.0 Å². The number of rotatable bonds is 2. The molecular formula is C10H12O4S. The summed E-state index contributed by atoms with van der Waals surface area (Å²) >= 11 is 0. The standard InChI is InChI=1S/C10H10O4.H2S/c1-14-10(13)5-3-7-2-4-8(11)9(12)6-7;/h2-6,11-12H,1H3;1H2/b5-3+;. The third kappa shape index (κ3) is 3.95. The van der Waals surface area contributed by atoms with Crippen LogP contribution in [0.5, 0.6) is 11.5 Å². The molecule has 82 valence electrons. The Bertz CT molecular complexity index is 374. The highest BCUT2D eigenvalue weighted by atomic mass is 32.1. The first-order valence-corrected chi connectivity index (χ1v) is 3.91. The van der Waals surface area contributed by atoms with Crippen LogP contribution in [0.1, 0.15) is 5.56 Å². The highest BCUT2D eigenvalue weighted by Crippen LogP contribution is 2.25. The zero-order valence-corrected chi connectivity index (χ0v) is 9.10. The van der Waals surface area contributed by atoms with Gasteiger partial charge in [-0.05, 0) is 23.8 Å². The largest absolute Gasteiger partial charge is 0.504 e. The SMILES string of the molecule is COC(=O)/C=C/c1ccc(O)c(O)c1.S. The molecule has 1 aromatic rings. The second kappa shape index (κ2) is 5.98. The van der Waals surface area contributed by atoms with Gasteiger partial charge in [0.15, 0.2) is 11.5 Å². The Labute approximate surface area is 94.3 Å². The number of hydrogen-bond donors (Lipinski definition) is 2. The van der Waals surface area contributed by atoms with E-state index in [0.29, 0.717) is 5.56 Å². The first-order valence-electron chi connectivity index (χ1n) is 3.91. The second-order valence-electron chi connectivity index (χ2n) is 2.60. The van der Waals surface area contributed by atoms with Crippen LogP contribution in [0.4, 0.5) is 0 Å². The molecule has 0 aliphatic heterocycles. The molecule has 0 aliphatic carbocycles. The van der Waals surface area contributed by atoms with Gasteiger partial charge in [-0.2, -0.15) is 13.5 Å². The Morgan fingerprint density at radius 1 is 1.33 bits per heavy atom. The topological polar surface area (TPSA) is 66.8 Å². The fourth-order valence-electron chi connectivity index (χ4n) is 0.876. The monoisotopic (exact) mass is 228 g/mol. The summed E-state index contributed by atoms with van der Waals surface area (Å²) in [6.07, 6.45) is 2.71. The van der Waals surface area contributed by atoms with Crippen molar-refractivity contribution in [2.75, 3.05) is 7.11 Å². The van der Waals surface area contributed by atoms with E-state index in [1.807, 2.05) is 0 Å². The fraction of sp³-hybridized carbons (Fsp3) is 0.100. The summed E-state index contributed by atoms with van der Waals surface area (Å²) in [5.41, 5.74) is 0.603. The van der Waals surface area contributed by atoms with E-state index >= 15 is 0 Å². The molecule has 1 rings (SSSR count). The smallest absolute Gasteiger partial charge is 0.330 e. The van der Waals surface area contributed by atoms with Crippen LogP contribution in [0.2, 0.25) is 0 Å². The molecule has 0 heterocycles. The van der Waals surface area contributed by atoms with Crippen molar-refractivity contribution >= 4 is 25.5 Å². The van der Waals surface area contributed by atoms with Crippen molar-refractivity contribution in [3.05, 3.63) is 29.8 Å². The molecule has 0 fully saturated rings. The number of hydrogen-bond acceptors (Lipinski definition) is 4. The van der Waals surface area contributed by atoms with E-state index in [9.17, 15) is 4.79 Å². The maximum atomic E-state index is 10.7. The van der Waals surface area contributed by atoms with Crippen LogP contribution in [-0.2, 0) is 9.53 Å². The number of benzene rings is 1. The normalized spacial score (nSPS) is 9.67. The highest BCUT2D eigenvalue weighted by molar-refractivity contribution is 7.59. The quantitative estimate of drug-likeness (QED) is 0.456. The van der Waals surface area contributed by atoms with Crippen molar-refractivity contribution in [2.45, 2.75) is 0 Å². The third-order valence-electron chi connectivity index (χ3n) is 1.61. The van der Waals surface area contributed by atoms with Crippen molar-refractivity contribution in [1.82, 2.24) is 0 Å². The molecule has 0 bridgehead atoms. The number of esters is 1. The lowest BCUT2D eigenvalue weighted by molar-refractivity contribution is -0.134.